The van der Waals surface area contributed by atoms with Crippen molar-refractivity contribution < 1.29 is 9.50 Å². The average Bonchev–Trinajstić information content (AvgIpc) is 2.24. The summed E-state index contributed by atoms with van der Waals surface area (Å²) in [4.78, 5) is 0. The normalized spacial score (nSPS) is 20.7. The lowest BCUT2D eigenvalue weighted by Crippen LogP contribution is -2.10. The largest absolute Gasteiger partial charge is 0.389 e. The van der Waals surface area contributed by atoms with Crippen molar-refractivity contribution in [2.75, 3.05) is 0 Å². The fourth-order valence-corrected chi connectivity index (χ4v) is 2.28. The molecule has 0 amide bonds. The predicted octanol–water partition coefficient (Wildman–Crippen LogP) is 3.49. The number of halogens is 2. The maximum absolute atomic E-state index is 13.5. The molecule has 3 heteroatoms. The van der Waals surface area contributed by atoms with Gasteiger partial charge in [0.15, 0.2) is 0 Å². The van der Waals surface area contributed by atoms with Gasteiger partial charge in [0.1, 0.15) is 5.82 Å². The highest BCUT2D eigenvalue weighted by molar-refractivity contribution is 6.31. The summed E-state index contributed by atoms with van der Waals surface area (Å²) in [6, 6.07) is 4.71. The van der Waals surface area contributed by atoms with E-state index in [0.29, 0.717) is 17.0 Å². The molecule has 0 aromatic heterocycles. The molecule has 0 saturated heterocycles. The van der Waals surface area contributed by atoms with E-state index < -0.39 is 0 Å². The summed E-state index contributed by atoms with van der Waals surface area (Å²) < 4.78 is 13.5. The first kappa shape index (κ1) is 11.6. The molecule has 86 valence electrons. The standard InChI is InChI=1S/C13H14ClFO/c14-12-5-2-6-13(15)11(12)8-9-3-1-4-10(16)7-9/h2,5-7,10,16H,1,3-4,8H2. The zero-order valence-electron chi connectivity index (χ0n) is 8.92. The van der Waals surface area contributed by atoms with Gasteiger partial charge in [0.2, 0.25) is 0 Å². The second kappa shape index (κ2) is 4.98. The third-order valence-corrected chi connectivity index (χ3v) is 3.25. The molecule has 2 rings (SSSR count). The van der Waals surface area contributed by atoms with Crippen molar-refractivity contribution in [1.29, 1.82) is 0 Å². The smallest absolute Gasteiger partial charge is 0.128 e. The first-order valence-corrected chi connectivity index (χ1v) is 5.85. The Morgan fingerprint density at radius 1 is 1.44 bits per heavy atom. The quantitative estimate of drug-likeness (QED) is 0.785. The SMILES string of the molecule is OC1C=C(Cc2c(F)cccc2Cl)CCC1. The maximum atomic E-state index is 13.5. The van der Waals surface area contributed by atoms with Crippen molar-refractivity contribution in [3.63, 3.8) is 0 Å². The second-order valence-electron chi connectivity index (χ2n) is 4.16. The van der Waals surface area contributed by atoms with Gasteiger partial charge in [-0.1, -0.05) is 29.3 Å². The Bertz CT molecular complexity index is 394. The molecule has 1 N–H and O–H groups in total. The number of aliphatic hydroxyl groups is 1. The molecule has 16 heavy (non-hydrogen) atoms. The molecule has 1 aliphatic rings. The Labute approximate surface area is 99.6 Å². The summed E-state index contributed by atoms with van der Waals surface area (Å²) >= 11 is 5.96. The van der Waals surface area contributed by atoms with E-state index >= 15 is 0 Å². The molecule has 1 aromatic rings. The van der Waals surface area contributed by atoms with Gasteiger partial charge in [-0.3, -0.25) is 0 Å². The van der Waals surface area contributed by atoms with Gasteiger partial charge in [0.25, 0.3) is 0 Å². The molecule has 0 bridgehead atoms. The van der Waals surface area contributed by atoms with E-state index in [4.69, 9.17) is 11.6 Å². The van der Waals surface area contributed by atoms with Crippen molar-refractivity contribution in [2.24, 2.45) is 0 Å². The summed E-state index contributed by atoms with van der Waals surface area (Å²) in [5.74, 6) is -0.270. The first-order chi connectivity index (χ1) is 7.66. The molecule has 0 aliphatic heterocycles. The van der Waals surface area contributed by atoms with E-state index in [-0.39, 0.29) is 11.9 Å². The van der Waals surface area contributed by atoms with E-state index in [2.05, 4.69) is 0 Å². The third-order valence-electron chi connectivity index (χ3n) is 2.89. The van der Waals surface area contributed by atoms with Crippen molar-refractivity contribution in [1.82, 2.24) is 0 Å². The van der Waals surface area contributed by atoms with Crippen LogP contribution >= 0.6 is 11.6 Å². The highest BCUT2D eigenvalue weighted by Crippen LogP contribution is 2.26. The summed E-state index contributed by atoms with van der Waals surface area (Å²) in [7, 11) is 0. The minimum absolute atomic E-state index is 0.270. The molecule has 1 aromatic carbocycles. The molecule has 0 fully saturated rings. The number of rotatable bonds is 2. The fraction of sp³-hybridized carbons (Fsp3) is 0.385. The Kier molecular flexibility index (Phi) is 3.62. The van der Waals surface area contributed by atoms with Crippen LogP contribution in [-0.2, 0) is 6.42 Å². The third kappa shape index (κ3) is 2.63. The maximum Gasteiger partial charge on any atom is 0.128 e. The van der Waals surface area contributed by atoms with Gasteiger partial charge in [-0.25, -0.2) is 4.39 Å². The van der Waals surface area contributed by atoms with Gasteiger partial charge in [0.05, 0.1) is 6.10 Å². The van der Waals surface area contributed by atoms with E-state index in [0.717, 1.165) is 24.8 Å². The highest BCUT2D eigenvalue weighted by Gasteiger charge is 2.14. The fourth-order valence-electron chi connectivity index (χ4n) is 2.05. The molecular weight excluding hydrogens is 227 g/mol. The molecule has 0 heterocycles. The average molecular weight is 241 g/mol. The lowest BCUT2D eigenvalue weighted by Gasteiger charge is -2.17. The van der Waals surface area contributed by atoms with Crippen molar-refractivity contribution >= 4 is 11.6 Å². The molecule has 1 atom stereocenters. The van der Waals surface area contributed by atoms with Crippen LogP contribution in [0.25, 0.3) is 0 Å². The lowest BCUT2D eigenvalue weighted by molar-refractivity contribution is 0.202. The molecule has 1 nitrogen and oxygen atoms in total. The van der Waals surface area contributed by atoms with Gasteiger partial charge in [-0.15, -0.1) is 0 Å². The van der Waals surface area contributed by atoms with Crippen LogP contribution in [-0.4, -0.2) is 11.2 Å². The van der Waals surface area contributed by atoms with Crippen molar-refractivity contribution in [3.05, 3.63) is 46.3 Å². The monoisotopic (exact) mass is 240 g/mol. The number of aliphatic hydroxyl groups excluding tert-OH is 1. The van der Waals surface area contributed by atoms with Crippen LogP contribution in [0.3, 0.4) is 0 Å². The summed E-state index contributed by atoms with van der Waals surface area (Å²) in [6.45, 7) is 0. The van der Waals surface area contributed by atoms with Crippen molar-refractivity contribution in [2.45, 2.75) is 31.8 Å². The van der Waals surface area contributed by atoms with Gasteiger partial charge in [-0.05, 0) is 37.8 Å². The van der Waals surface area contributed by atoms with Crippen LogP contribution in [0.1, 0.15) is 24.8 Å². The lowest BCUT2D eigenvalue weighted by atomic mass is 9.92. The molecule has 1 unspecified atom stereocenters. The first-order valence-electron chi connectivity index (χ1n) is 5.47. The molecule has 0 spiro atoms. The zero-order chi connectivity index (χ0) is 11.5. The van der Waals surface area contributed by atoms with Gasteiger partial charge >= 0.3 is 0 Å². The van der Waals surface area contributed by atoms with E-state index in [1.807, 2.05) is 6.08 Å². The van der Waals surface area contributed by atoms with Gasteiger partial charge in [-0.2, -0.15) is 0 Å². The number of hydrogen-bond acceptors (Lipinski definition) is 1. The minimum Gasteiger partial charge on any atom is -0.389 e. The van der Waals surface area contributed by atoms with Crippen LogP contribution in [0.15, 0.2) is 29.8 Å². The Balaban J connectivity index is 2.20. The highest BCUT2D eigenvalue weighted by atomic mass is 35.5. The Morgan fingerprint density at radius 2 is 2.25 bits per heavy atom. The molecule has 0 radical (unpaired) electrons. The van der Waals surface area contributed by atoms with Crippen LogP contribution in [0.5, 0.6) is 0 Å². The van der Waals surface area contributed by atoms with Crippen LogP contribution in [0.4, 0.5) is 4.39 Å². The molecule has 1 aliphatic carbocycles. The number of allylic oxidation sites excluding steroid dienone is 1. The van der Waals surface area contributed by atoms with E-state index in [9.17, 15) is 9.50 Å². The number of hydrogen-bond donors (Lipinski definition) is 1. The number of benzene rings is 1. The predicted molar refractivity (Wildman–Crippen MR) is 63.1 cm³/mol. The molecular formula is C13H14ClFO. The zero-order valence-corrected chi connectivity index (χ0v) is 9.67. The van der Waals surface area contributed by atoms with Gasteiger partial charge in [0, 0.05) is 10.6 Å². The molecule has 0 saturated carbocycles. The Hall–Kier alpha value is -0.860. The second-order valence-corrected chi connectivity index (χ2v) is 4.57. The van der Waals surface area contributed by atoms with Crippen LogP contribution in [0, 0.1) is 5.82 Å². The van der Waals surface area contributed by atoms with Crippen LogP contribution < -0.4 is 0 Å². The topological polar surface area (TPSA) is 20.2 Å². The summed E-state index contributed by atoms with van der Waals surface area (Å²) in [5.41, 5.74) is 1.61. The van der Waals surface area contributed by atoms with Crippen molar-refractivity contribution in [3.8, 4) is 0 Å². The summed E-state index contributed by atoms with van der Waals surface area (Å²) in [6.07, 6.45) is 4.62. The van der Waals surface area contributed by atoms with Gasteiger partial charge < -0.3 is 5.11 Å². The summed E-state index contributed by atoms with van der Waals surface area (Å²) in [5, 5.41) is 9.95. The Morgan fingerprint density at radius 3 is 2.94 bits per heavy atom. The van der Waals surface area contributed by atoms with Crippen LogP contribution in [0.2, 0.25) is 5.02 Å². The minimum atomic E-state index is -0.380. The van der Waals surface area contributed by atoms with E-state index in [1.165, 1.54) is 6.07 Å². The van der Waals surface area contributed by atoms with E-state index in [1.54, 1.807) is 12.1 Å².